The van der Waals surface area contributed by atoms with Crippen LogP contribution < -0.4 is 5.73 Å². The highest BCUT2D eigenvalue weighted by Gasteiger charge is 2.37. The number of carbonyl (C=O) groups excluding carboxylic acids is 1. The predicted molar refractivity (Wildman–Crippen MR) is 70.7 cm³/mol. The minimum absolute atomic E-state index is 0.0920. The lowest BCUT2D eigenvalue weighted by molar-refractivity contribution is -0.124. The Balaban J connectivity index is 2.55. The Morgan fingerprint density at radius 2 is 2.22 bits per heavy atom. The molecule has 1 aromatic rings. The van der Waals surface area contributed by atoms with E-state index in [-0.39, 0.29) is 17.6 Å². The summed E-state index contributed by atoms with van der Waals surface area (Å²) in [6.07, 6.45) is 0. The van der Waals surface area contributed by atoms with Crippen molar-refractivity contribution in [1.29, 1.82) is 0 Å². The molecular weight excluding hydrogens is 301 g/mol. The minimum Gasteiger partial charge on any atom is -0.379 e. The number of nitrogens with two attached hydrogens (primary N) is 1. The summed E-state index contributed by atoms with van der Waals surface area (Å²) in [4.78, 5) is 17.2. The molecule has 1 atom stereocenters. The van der Waals surface area contributed by atoms with E-state index < -0.39 is 5.54 Å². The van der Waals surface area contributed by atoms with Crippen molar-refractivity contribution in [3.63, 3.8) is 0 Å². The molecular formula is C12H13BrFN3O. The fourth-order valence-electron chi connectivity index (χ4n) is 2.13. The molecule has 2 rings (SSSR count). The maximum Gasteiger partial charge on any atom is 0.288 e. The molecule has 0 aliphatic carbocycles. The second-order valence-electron chi connectivity index (χ2n) is 4.56. The predicted octanol–water partition coefficient (Wildman–Crippen LogP) is 1.63. The van der Waals surface area contributed by atoms with Crippen LogP contribution in [0.15, 0.2) is 27.7 Å². The van der Waals surface area contributed by atoms with E-state index in [0.29, 0.717) is 12.1 Å². The van der Waals surface area contributed by atoms with E-state index in [4.69, 9.17) is 5.73 Å². The zero-order chi connectivity index (χ0) is 13.5. The first kappa shape index (κ1) is 13.0. The van der Waals surface area contributed by atoms with Gasteiger partial charge in [0.1, 0.15) is 11.4 Å². The summed E-state index contributed by atoms with van der Waals surface area (Å²) < 4.78 is 14.7. The fourth-order valence-corrected chi connectivity index (χ4v) is 2.49. The van der Waals surface area contributed by atoms with Crippen LogP contribution in [0.5, 0.6) is 0 Å². The third-order valence-electron chi connectivity index (χ3n) is 2.99. The van der Waals surface area contributed by atoms with Gasteiger partial charge in [0.2, 0.25) is 0 Å². The van der Waals surface area contributed by atoms with E-state index in [1.807, 2.05) is 0 Å². The number of benzene rings is 1. The van der Waals surface area contributed by atoms with Crippen LogP contribution in [-0.2, 0) is 10.3 Å². The van der Waals surface area contributed by atoms with Crippen LogP contribution in [0.25, 0.3) is 0 Å². The summed E-state index contributed by atoms with van der Waals surface area (Å²) in [6.45, 7) is 2.05. The first-order valence-electron chi connectivity index (χ1n) is 5.40. The smallest absolute Gasteiger partial charge is 0.288 e. The van der Waals surface area contributed by atoms with Gasteiger partial charge in [-0.3, -0.25) is 9.79 Å². The Labute approximate surface area is 113 Å². The van der Waals surface area contributed by atoms with Crippen LogP contribution in [0.2, 0.25) is 0 Å². The molecule has 0 saturated carbocycles. The maximum absolute atomic E-state index is 13.9. The fraction of sp³-hybridized carbons (Fsp3) is 0.333. The lowest BCUT2D eigenvalue weighted by Crippen LogP contribution is -2.50. The van der Waals surface area contributed by atoms with Gasteiger partial charge in [-0.15, -0.1) is 0 Å². The second kappa shape index (κ2) is 4.35. The molecule has 18 heavy (non-hydrogen) atoms. The van der Waals surface area contributed by atoms with Crippen LogP contribution in [-0.4, -0.2) is 30.2 Å². The van der Waals surface area contributed by atoms with Crippen molar-refractivity contribution in [1.82, 2.24) is 4.90 Å². The third kappa shape index (κ3) is 2.12. The molecule has 4 nitrogen and oxygen atoms in total. The summed E-state index contributed by atoms with van der Waals surface area (Å²) in [7, 11) is 1.62. The zero-order valence-corrected chi connectivity index (χ0v) is 11.7. The van der Waals surface area contributed by atoms with Crippen molar-refractivity contribution in [3.8, 4) is 0 Å². The average Bonchev–Trinajstić information content (AvgIpc) is 2.29. The van der Waals surface area contributed by atoms with Gasteiger partial charge < -0.3 is 10.6 Å². The van der Waals surface area contributed by atoms with E-state index in [1.54, 1.807) is 26.1 Å². The monoisotopic (exact) mass is 313 g/mol. The van der Waals surface area contributed by atoms with Gasteiger partial charge in [0, 0.05) is 17.1 Å². The van der Waals surface area contributed by atoms with Gasteiger partial charge in [0.25, 0.3) is 5.91 Å². The Hall–Kier alpha value is -1.43. The quantitative estimate of drug-likeness (QED) is 0.856. The molecule has 1 aliphatic rings. The van der Waals surface area contributed by atoms with Gasteiger partial charge in [0.15, 0.2) is 5.84 Å². The maximum atomic E-state index is 13.9. The molecule has 96 valence electrons. The number of likely N-dealkylation sites (N-methyl/N-ethyl adjacent to an activating group) is 1. The normalized spacial score (nSPS) is 24.1. The molecule has 1 aromatic carbocycles. The number of rotatable bonds is 1. The summed E-state index contributed by atoms with van der Waals surface area (Å²) in [5.41, 5.74) is 5.15. The van der Waals surface area contributed by atoms with Gasteiger partial charge in [-0.1, -0.05) is 15.9 Å². The molecule has 0 radical (unpaired) electrons. The average molecular weight is 314 g/mol. The largest absolute Gasteiger partial charge is 0.379 e. The van der Waals surface area contributed by atoms with E-state index in [0.717, 1.165) is 4.47 Å². The van der Waals surface area contributed by atoms with E-state index >= 15 is 0 Å². The molecule has 2 N–H and O–H groups in total. The molecule has 0 saturated heterocycles. The van der Waals surface area contributed by atoms with Gasteiger partial charge >= 0.3 is 0 Å². The van der Waals surface area contributed by atoms with Crippen LogP contribution >= 0.6 is 15.9 Å². The lowest BCUT2D eigenvalue weighted by atomic mass is 9.90. The van der Waals surface area contributed by atoms with Crippen LogP contribution in [0.3, 0.4) is 0 Å². The Bertz CT molecular complexity index is 546. The van der Waals surface area contributed by atoms with Gasteiger partial charge in [-0.25, -0.2) is 4.39 Å². The number of nitrogens with zero attached hydrogens (tertiary/aromatic N) is 2. The first-order chi connectivity index (χ1) is 8.33. The zero-order valence-electron chi connectivity index (χ0n) is 10.1. The van der Waals surface area contributed by atoms with E-state index in [1.165, 1.54) is 11.0 Å². The van der Waals surface area contributed by atoms with Gasteiger partial charge in [-0.05, 0) is 25.1 Å². The number of hydrogen-bond acceptors (Lipinski definition) is 3. The minimum atomic E-state index is -0.861. The number of carbonyl (C=O) groups is 1. The SMILES string of the molecule is CN1CC(C)(c2cc(Br)ccc2F)N=C(N)C1=O. The highest BCUT2D eigenvalue weighted by Crippen LogP contribution is 2.32. The molecule has 0 bridgehead atoms. The van der Waals surface area contributed by atoms with Gasteiger partial charge in [0.05, 0.1) is 6.54 Å². The molecule has 0 fully saturated rings. The number of amides is 1. The number of hydrogen-bond donors (Lipinski definition) is 1. The molecule has 6 heteroatoms. The molecule has 1 amide bonds. The van der Waals surface area contributed by atoms with E-state index in [2.05, 4.69) is 20.9 Å². The van der Waals surface area contributed by atoms with Gasteiger partial charge in [-0.2, -0.15) is 0 Å². The Morgan fingerprint density at radius 1 is 1.56 bits per heavy atom. The standard InChI is InChI=1S/C12H13BrFN3O/c1-12(6-17(2)11(18)10(15)16-12)8-5-7(13)3-4-9(8)14/h3-5H,6H2,1-2H3,(H2,15,16). The lowest BCUT2D eigenvalue weighted by Gasteiger charge is -2.35. The second-order valence-corrected chi connectivity index (χ2v) is 5.47. The molecule has 1 heterocycles. The summed E-state index contributed by atoms with van der Waals surface area (Å²) in [5, 5.41) is 0. The number of halogens is 2. The van der Waals surface area contributed by atoms with Crippen molar-refractivity contribution in [2.45, 2.75) is 12.5 Å². The number of amidine groups is 1. The van der Waals surface area contributed by atoms with Crippen molar-refractivity contribution in [2.24, 2.45) is 10.7 Å². The Kier molecular flexibility index (Phi) is 3.14. The van der Waals surface area contributed by atoms with Crippen LogP contribution in [0.4, 0.5) is 4.39 Å². The van der Waals surface area contributed by atoms with E-state index in [9.17, 15) is 9.18 Å². The van der Waals surface area contributed by atoms with Crippen LogP contribution in [0.1, 0.15) is 12.5 Å². The van der Waals surface area contributed by atoms with Crippen molar-refractivity contribution in [3.05, 3.63) is 34.1 Å². The molecule has 0 spiro atoms. The van der Waals surface area contributed by atoms with Crippen molar-refractivity contribution >= 4 is 27.7 Å². The third-order valence-corrected chi connectivity index (χ3v) is 3.48. The molecule has 1 unspecified atom stereocenters. The van der Waals surface area contributed by atoms with Crippen molar-refractivity contribution in [2.75, 3.05) is 13.6 Å². The summed E-state index contributed by atoms with van der Waals surface area (Å²) in [6, 6.07) is 4.65. The highest BCUT2D eigenvalue weighted by atomic mass is 79.9. The topological polar surface area (TPSA) is 58.7 Å². The van der Waals surface area contributed by atoms with Crippen LogP contribution in [0, 0.1) is 5.82 Å². The Morgan fingerprint density at radius 3 is 2.83 bits per heavy atom. The first-order valence-corrected chi connectivity index (χ1v) is 6.19. The van der Waals surface area contributed by atoms with Crippen molar-refractivity contribution < 1.29 is 9.18 Å². The number of aliphatic imine (C=N–C) groups is 1. The highest BCUT2D eigenvalue weighted by molar-refractivity contribution is 9.10. The molecule has 1 aliphatic heterocycles. The molecule has 0 aromatic heterocycles. The summed E-state index contributed by atoms with van der Waals surface area (Å²) in [5.74, 6) is -0.784. The summed E-state index contributed by atoms with van der Waals surface area (Å²) >= 11 is 3.30.